The first-order valence-electron chi connectivity index (χ1n) is 9.43. The van der Waals surface area contributed by atoms with Gasteiger partial charge in [-0.3, -0.25) is 4.79 Å². The number of carbonyl (C=O) groups is 1. The van der Waals surface area contributed by atoms with Gasteiger partial charge in [0.1, 0.15) is 0 Å². The van der Waals surface area contributed by atoms with Crippen LogP contribution in [-0.2, 0) is 11.3 Å². The van der Waals surface area contributed by atoms with Crippen molar-refractivity contribution in [3.05, 3.63) is 42.0 Å². The molecule has 1 fully saturated rings. The van der Waals surface area contributed by atoms with Gasteiger partial charge in [-0.05, 0) is 31.0 Å². The second-order valence-corrected chi connectivity index (χ2v) is 6.90. The lowest BCUT2D eigenvalue weighted by Crippen LogP contribution is -2.51. The molecule has 2 aliphatic heterocycles. The zero-order valence-corrected chi connectivity index (χ0v) is 18.5. The summed E-state index contributed by atoms with van der Waals surface area (Å²) in [5.41, 5.74) is 2.44. The Morgan fingerprint density at radius 3 is 2.78 bits per heavy atom. The molecule has 0 aromatic heterocycles. The largest absolute Gasteiger partial charge is 0.364 e. The van der Waals surface area contributed by atoms with Gasteiger partial charge in [-0.1, -0.05) is 24.3 Å². The van der Waals surface area contributed by atoms with Crippen LogP contribution < -0.4 is 15.5 Å². The highest BCUT2D eigenvalue weighted by Crippen LogP contribution is 2.19. The molecule has 7 heteroatoms. The topological polar surface area (TPSA) is 60.0 Å². The van der Waals surface area contributed by atoms with Crippen LogP contribution in [0, 0.1) is 0 Å². The van der Waals surface area contributed by atoms with Crippen molar-refractivity contribution in [2.45, 2.75) is 32.4 Å². The van der Waals surface area contributed by atoms with Crippen molar-refractivity contribution in [1.82, 2.24) is 15.5 Å². The number of benzene rings is 1. The van der Waals surface area contributed by atoms with E-state index < -0.39 is 0 Å². The minimum Gasteiger partial charge on any atom is -0.364 e. The summed E-state index contributed by atoms with van der Waals surface area (Å²) in [6, 6.07) is 8.83. The van der Waals surface area contributed by atoms with Gasteiger partial charge in [0, 0.05) is 51.4 Å². The fourth-order valence-corrected chi connectivity index (χ4v) is 3.35. The highest BCUT2D eigenvalue weighted by Gasteiger charge is 2.23. The summed E-state index contributed by atoms with van der Waals surface area (Å²) in [5, 5.41) is 6.78. The average molecular weight is 483 g/mol. The molecule has 1 aromatic carbocycles. The Kier molecular flexibility index (Phi) is 8.40. The molecule has 27 heavy (non-hydrogen) atoms. The third-order valence-corrected chi connectivity index (χ3v) is 4.83. The van der Waals surface area contributed by atoms with E-state index in [9.17, 15) is 4.79 Å². The van der Waals surface area contributed by atoms with E-state index >= 15 is 0 Å². The first-order chi connectivity index (χ1) is 12.7. The number of carbonyl (C=O) groups excluding carboxylic acids is 1. The quantitative estimate of drug-likeness (QED) is 0.292. The number of hydrogen-bond donors (Lipinski definition) is 2. The molecule has 0 saturated carbocycles. The van der Waals surface area contributed by atoms with Crippen molar-refractivity contribution >= 4 is 41.5 Å². The molecule has 1 amide bonds. The minimum atomic E-state index is 0. The number of likely N-dealkylation sites (N-methyl/N-ethyl adjacent to an activating group) is 1. The molecular formula is C20H30IN5O. The average Bonchev–Trinajstić information content (AvgIpc) is 3.18. The molecule has 3 rings (SSSR count). The Balaban J connectivity index is 0.00000261. The first-order valence-corrected chi connectivity index (χ1v) is 9.43. The summed E-state index contributed by atoms with van der Waals surface area (Å²) in [6.45, 7) is 6.18. The number of rotatable bonds is 5. The molecule has 0 bridgehead atoms. The lowest BCUT2D eigenvalue weighted by molar-refractivity contribution is -0.132. The highest BCUT2D eigenvalue weighted by atomic mass is 127. The Hall–Kier alpha value is -1.77. The number of likely N-dealkylation sites (tertiary alicyclic amines) is 1. The van der Waals surface area contributed by atoms with Crippen molar-refractivity contribution in [3.63, 3.8) is 0 Å². The summed E-state index contributed by atoms with van der Waals surface area (Å²) in [5.74, 6) is 1.03. The molecule has 0 radical (unpaired) electrons. The maximum atomic E-state index is 11.6. The standard InChI is InChI=1S/C20H29N5O.HI/c1-3-21-20(23-17-9-10-19(26)24(2)15-17)22-14-16-7-6-8-18(13-16)25-11-4-5-12-25;/h4-8,13,17H,3,9-12,14-15H2,1-2H3,(H2,21,22,23);1H. The number of guanidine groups is 1. The van der Waals surface area contributed by atoms with Gasteiger partial charge < -0.3 is 20.4 Å². The van der Waals surface area contributed by atoms with Gasteiger partial charge in [0.15, 0.2) is 5.96 Å². The van der Waals surface area contributed by atoms with E-state index in [2.05, 4.69) is 58.9 Å². The van der Waals surface area contributed by atoms with Gasteiger partial charge in [-0.2, -0.15) is 0 Å². The summed E-state index contributed by atoms with van der Waals surface area (Å²) in [6.07, 6.45) is 5.85. The predicted octanol–water partition coefficient (Wildman–Crippen LogP) is 2.36. The molecular weight excluding hydrogens is 453 g/mol. The van der Waals surface area contributed by atoms with Crippen LogP contribution in [0.15, 0.2) is 41.4 Å². The Labute approximate surface area is 179 Å². The zero-order chi connectivity index (χ0) is 18.4. The zero-order valence-electron chi connectivity index (χ0n) is 16.1. The number of nitrogens with zero attached hydrogens (tertiary/aromatic N) is 3. The van der Waals surface area contributed by atoms with Gasteiger partial charge in [0.25, 0.3) is 0 Å². The van der Waals surface area contributed by atoms with Crippen LogP contribution in [0.2, 0.25) is 0 Å². The second kappa shape index (κ2) is 10.5. The summed E-state index contributed by atoms with van der Waals surface area (Å²) in [4.78, 5) is 20.5. The van der Waals surface area contributed by atoms with Crippen molar-refractivity contribution < 1.29 is 4.79 Å². The molecule has 1 unspecified atom stereocenters. The predicted molar refractivity (Wildman–Crippen MR) is 122 cm³/mol. The molecule has 1 atom stereocenters. The monoisotopic (exact) mass is 483 g/mol. The van der Waals surface area contributed by atoms with Gasteiger partial charge in [-0.25, -0.2) is 4.99 Å². The fourth-order valence-electron chi connectivity index (χ4n) is 3.35. The number of amides is 1. The lowest BCUT2D eigenvalue weighted by Gasteiger charge is -2.31. The first kappa shape index (κ1) is 21.5. The normalized spacial score (nSPS) is 19.9. The third kappa shape index (κ3) is 6.12. The van der Waals surface area contributed by atoms with E-state index in [0.29, 0.717) is 13.0 Å². The smallest absolute Gasteiger partial charge is 0.222 e. The molecule has 1 aromatic rings. The van der Waals surface area contributed by atoms with E-state index in [1.807, 2.05) is 7.05 Å². The fraction of sp³-hybridized carbons (Fsp3) is 0.500. The van der Waals surface area contributed by atoms with E-state index in [-0.39, 0.29) is 35.9 Å². The SMILES string of the molecule is CCNC(=NCc1cccc(N2CC=CC2)c1)NC1CCC(=O)N(C)C1.I. The number of anilines is 1. The molecule has 6 nitrogen and oxygen atoms in total. The van der Waals surface area contributed by atoms with E-state index in [1.54, 1.807) is 4.90 Å². The number of piperidine rings is 1. The van der Waals surface area contributed by atoms with Gasteiger partial charge in [0.05, 0.1) is 6.54 Å². The lowest BCUT2D eigenvalue weighted by atomic mass is 10.1. The molecule has 2 aliphatic rings. The molecule has 2 N–H and O–H groups in total. The molecule has 0 spiro atoms. The van der Waals surface area contributed by atoms with Gasteiger partial charge >= 0.3 is 0 Å². The van der Waals surface area contributed by atoms with E-state index in [1.165, 1.54) is 11.3 Å². The molecule has 148 valence electrons. The van der Waals surface area contributed by atoms with Crippen molar-refractivity contribution in [2.75, 3.05) is 38.1 Å². The number of aliphatic imine (C=N–C) groups is 1. The summed E-state index contributed by atoms with van der Waals surface area (Å²) >= 11 is 0. The second-order valence-electron chi connectivity index (χ2n) is 6.90. The van der Waals surface area contributed by atoms with Crippen LogP contribution in [0.3, 0.4) is 0 Å². The maximum absolute atomic E-state index is 11.6. The van der Waals surface area contributed by atoms with Crippen molar-refractivity contribution in [1.29, 1.82) is 0 Å². The van der Waals surface area contributed by atoms with Crippen molar-refractivity contribution in [2.24, 2.45) is 4.99 Å². The Bertz CT molecular complexity index is 683. The Morgan fingerprint density at radius 1 is 1.30 bits per heavy atom. The maximum Gasteiger partial charge on any atom is 0.222 e. The van der Waals surface area contributed by atoms with Crippen molar-refractivity contribution in [3.8, 4) is 0 Å². The van der Waals surface area contributed by atoms with Gasteiger partial charge in [0.2, 0.25) is 5.91 Å². The minimum absolute atomic E-state index is 0. The summed E-state index contributed by atoms with van der Waals surface area (Å²) in [7, 11) is 1.86. The van der Waals surface area contributed by atoms with Crippen LogP contribution in [0.4, 0.5) is 5.69 Å². The third-order valence-electron chi connectivity index (χ3n) is 4.83. The number of halogens is 1. The van der Waals surface area contributed by atoms with Crippen LogP contribution >= 0.6 is 24.0 Å². The van der Waals surface area contributed by atoms with E-state index in [0.717, 1.165) is 38.6 Å². The molecule has 2 heterocycles. The van der Waals surface area contributed by atoms with Crippen LogP contribution in [-0.4, -0.2) is 56.0 Å². The summed E-state index contributed by atoms with van der Waals surface area (Å²) < 4.78 is 0. The highest BCUT2D eigenvalue weighted by molar-refractivity contribution is 14.0. The van der Waals surface area contributed by atoms with E-state index in [4.69, 9.17) is 4.99 Å². The Morgan fingerprint density at radius 2 is 2.07 bits per heavy atom. The number of hydrogen-bond acceptors (Lipinski definition) is 3. The molecule has 1 saturated heterocycles. The van der Waals surface area contributed by atoms with Crippen LogP contribution in [0.5, 0.6) is 0 Å². The van der Waals surface area contributed by atoms with Gasteiger partial charge in [-0.15, -0.1) is 24.0 Å². The molecule has 0 aliphatic carbocycles. The van der Waals surface area contributed by atoms with Crippen LogP contribution in [0.25, 0.3) is 0 Å². The van der Waals surface area contributed by atoms with Crippen LogP contribution in [0.1, 0.15) is 25.3 Å². The number of nitrogens with one attached hydrogen (secondary N) is 2.